The second-order valence-electron chi connectivity index (χ2n) is 7.48. The van der Waals surface area contributed by atoms with Crippen molar-refractivity contribution in [3.63, 3.8) is 0 Å². The Labute approximate surface area is 220 Å². The number of carbonyl (C=O) groups is 2. The molecule has 0 amide bonds. The van der Waals surface area contributed by atoms with Gasteiger partial charge < -0.3 is 9.84 Å². The van der Waals surface area contributed by atoms with Crippen LogP contribution in [0.15, 0.2) is 38.1 Å². The van der Waals surface area contributed by atoms with Gasteiger partial charge in [0.1, 0.15) is 11.8 Å². The second kappa shape index (κ2) is 20.5. The zero-order chi connectivity index (χ0) is 26.7. The number of carbonyl (C=O) groups excluding carboxylic acids is 2. The van der Waals surface area contributed by atoms with E-state index in [-0.39, 0.29) is 28.9 Å². The fraction of sp³-hybridized carbons (Fsp3) is 0.654. The minimum Gasteiger partial charge on any atom is -0.511 e. The third kappa shape index (κ3) is 13.2. The van der Waals surface area contributed by atoms with E-state index in [4.69, 9.17) is 4.74 Å². The van der Waals surface area contributed by atoms with Crippen LogP contribution in [0.3, 0.4) is 0 Å². The molecule has 0 aromatic rings. The molecule has 0 aromatic carbocycles. The van der Waals surface area contributed by atoms with E-state index in [1.807, 2.05) is 51.8 Å². The summed E-state index contributed by atoms with van der Waals surface area (Å²) < 4.78 is 5.34. The highest BCUT2D eigenvalue weighted by Crippen LogP contribution is 2.26. The maximum Gasteiger partial charge on any atom is 0.309 e. The standard InChI is InChI=1S/C23H35N3O4.C2H6.CH3I/c1-7-10-11-25-18(8-2)14-19(23(24-9-3)30-17(6)27)26-16(5)22-20(28)12-15(4)13-21(22)29;2*1-2/h8,11,15,19,28H,7,9-10,12-14H2,1-6H3;1-2H3;1H3/b18-8-,24-23?,25-11?,26-16?;;. The number of alkyl halides is 1. The Bertz CT molecular complexity index is 783. The second-order valence-corrected chi connectivity index (χ2v) is 7.48. The van der Waals surface area contributed by atoms with Gasteiger partial charge in [0.25, 0.3) is 0 Å². The van der Waals surface area contributed by atoms with Crippen LogP contribution in [0.5, 0.6) is 0 Å². The van der Waals surface area contributed by atoms with Crippen LogP contribution in [0.25, 0.3) is 0 Å². The normalized spacial score (nSPS) is 18.1. The number of Topliss-reactive ketones (excluding diaryl/α,β-unsaturated/α-hetero) is 1. The van der Waals surface area contributed by atoms with Gasteiger partial charge in [0.15, 0.2) is 5.78 Å². The highest BCUT2D eigenvalue weighted by atomic mass is 127. The minimum atomic E-state index is -0.633. The fourth-order valence-corrected chi connectivity index (χ4v) is 3.24. The SMILES string of the molecule is C/C=C(/CC(N=C(C)C1=C(O)CC(C)CC1=O)C(=NCC)OC(C)=O)N=CCCC.CC.CI. The monoisotopic (exact) mass is 589 g/mol. The maximum absolute atomic E-state index is 12.5. The number of hydrogen-bond donors (Lipinski definition) is 1. The van der Waals surface area contributed by atoms with Crippen molar-refractivity contribution < 1.29 is 19.4 Å². The van der Waals surface area contributed by atoms with E-state index in [2.05, 4.69) is 44.5 Å². The van der Waals surface area contributed by atoms with Crippen molar-refractivity contribution in [1.29, 1.82) is 0 Å². The Morgan fingerprint density at radius 3 is 2.32 bits per heavy atom. The predicted octanol–water partition coefficient (Wildman–Crippen LogP) is 6.85. The number of esters is 1. The third-order valence-electron chi connectivity index (χ3n) is 4.61. The number of aliphatic imine (C=N–C) groups is 3. The summed E-state index contributed by atoms with van der Waals surface area (Å²) in [5.74, 6) is -0.259. The molecule has 7 nitrogen and oxygen atoms in total. The Morgan fingerprint density at radius 1 is 1.24 bits per heavy atom. The molecule has 0 fully saturated rings. The first-order chi connectivity index (χ1) is 16.2. The number of aliphatic hydroxyl groups excluding tert-OH is 1. The summed E-state index contributed by atoms with van der Waals surface area (Å²) in [5, 5.41) is 10.4. The van der Waals surface area contributed by atoms with E-state index in [0.717, 1.165) is 18.5 Å². The number of nitrogens with zero attached hydrogens (tertiary/aromatic N) is 3. The number of aliphatic hydroxyl groups is 1. The summed E-state index contributed by atoms with van der Waals surface area (Å²) in [4.78, 5) is 39.6. The van der Waals surface area contributed by atoms with Crippen molar-refractivity contribution in [3.8, 4) is 0 Å². The molecule has 0 aromatic heterocycles. The Kier molecular flexibility index (Phi) is 20.7. The van der Waals surface area contributed by atoms with Crippen molar-refractivity contribution in [2.24, 2.45) is 20.9 Å². The fourth-order valence-electron chi connectivity index (χ4n) is 3.24. The van der Waals surface area contributed by atoms with Crippen LogP contribution in [-0.4, -0.2) is 52.2 Å². The molecule has 0 bridgehead atoms. The highest BCUT2D eigenvalue weighted by Gasteiger charge is 2.28. The quantitative estimate of drug-likeness (QED) is 0.105. The largest absolute Gasteiger partial charge is 0.511 e. The van der Waals surface area contributed by atoms with Gasteiger partial charge in [-0.15, -0.1) is 0 Å². The van der Waals surface area contributed by atoms with Gasteiger partial charge in [0.05, 0.1) is 5.57 Å². The van der Waals surface area contributed by atoms with Crippen molar-refractivity contribution in [2.75, 3.05) is 11.5 Å². The summed E-state index contributed by atoms with van der Waals surface area (Å²) in [6.45, 7) is 15.2. The van der Waals surface area contributed by atoms with Crippen molar-refractivity contribution in [1.82, 2.24) is 0 Å². The lowest BCUT2D eigenvalue weighted by atomic mass is 9.86. The molecule has 8 heteroatoms. The number of unbranched alkanes of at least 4 members (excludes halogenated alkanes) is 1. The Morgan fingerprint density at radius 2 is 1.85 bits per heavy atom. The number of allylic oxidation sites excluding steroid dienone is 3. The highest BCUT2D eigenvalue weighted by molar-refractivity contribution is 14.1. The average molecular weight is 590 g/mol. The minimum absolute atomic E-state index is 0.0624. The van der Waals surface area contributed by atoms with Gasteiger partial charge >= 0.3 is 5.97 Å². The van der Waals surface area contributed by atoms with E-state index < -0.39 is 12.0 Å². The lowest BCUT2D eigenvalue weighted by Crippen LogP contribution is -2.28. The molecule has 34 heavy (non-hydrogen) atoms. The van der Waals surface area contributed by atoms with E-state index in [1.165, 1.54) is 6.92 Å². The van der Waals surface area contributed by atoms with Crippen molar-refractivity contribution >= 4 is 52.2 Å². The van der Waals surface area contributed by atoms with Gasteiger partial charge in [-0.3, -0.25) is 24.6 Å². The molecule has 1 aliphatic rings. The summed E-state index contributed by atoms with van der Waals surface area (Å²) in [7, 11) is 0. The van der Waals surface area contributed by atoms with Gasteiger partial charge in [-0.05, 0) is 38.0 Å². The molecule has 0 saturated carbocycles. The Balaban J connectivity index is 0. The van der Waals surface area contributed by atoms with Crippen molar-refractivity contribution in [3.05, 3.63) is 23.1 Å². The van der Waals surface area contributed by atoms with Gasteiger partial charge in [0, 0.05) is 50.4 Å². The van der Waals surface area contributed by atoms with Crippen LogP contribution in [0, 0.1) is 5.92 Å². The summed E-state index contributed by atoms with van der Waals surface area (Å²) in [6, 6.07) is -0.633. The number of hydrogen-bond acceptors (Lipinski definition) is 7. The third-order valence-corrected chi connectivity index (χ3v) is 4.61. The van der Waals surface area contributed by atoms with Crippen LogP contribution in [0.4, 0.5) is 0 Å². The molecule has 0 spiro atoms. The van der Waals surface area contributed by atoms with E-state index in [9.17, 15) is 14.7 Å². The summed E-state index contributed by atoms with van der Waals surface area (Å²) >= 11 is 2.15. The zero-order valence-corrected chi connectivity index (χ0v) is 24.6. The molecule has 0 aliphatic heterocycles. The number of ketones is 1. The van der Waals surface area contributed by atoms with Crippen LogP contribution in [0.1, 0.15) is 87.5 Å². The summed E-state index contributed by atoms with van der Waals surface area (Å²) in [6.07, 6.45) is 6.76. The molecule has 0 radical (unpaired) electrons. The van der Waals surface area contributed by atoms with E-state index in [1.54, 1.807) is 6.92 Å². The van der Waals surface area contributed by atoms with Gasteiger partial charge in [-0.1, -0.05) is 62.8 Å². The van der Waals surface area contributed by atoms with Crippen LogP contribution in [0.2, 0.25) is 0 Å². The van der Waals surface area contributed by atoms with Crippen molar-refractivity contribution in [2.45, 2.75) is 93.5 Å². The van der Waals surface area contributed by atoms with Crippen LogP contribution < -0.4 is 0 Å². The van der Waals surface area contributed by atoms with E-state index in [0.29, 0.717) is 31.5 Å². The zero-order valence-electron chi connectivity index (χ0n) is 22.4. The smallest absolute Gasteiger partial charge is 0.309 e. The van der Waals surface area contributed by atoms with Crippen LogP contribution in [-0.2, 0) is 14.3 Å². The molecule has 0 heterocycles. The Hall–Kier alpha value is -1.84. The predicted molar refractivity (Wildman–Crippen MR) is 153 cm³/mol. The number of ether oxygens (including phenoxy) is 1. The molecule has 194 valence electrons. The van der Waals surface area contributed by atoms with Gasteiger partial charge in [-0.25, -0.2) is 0 Å². The first-order valence-corrected chi connectivity index (χ1v) is 14.2. The number of rotatable bonds is 9. The molecule has 2 atom stereocenters. The average Bonchev–Trinajstić information content (AvgIpc) is 2.79. The van der Waals surface area contributed by atoms with Gasteiger partial charge in [-0.2, -0.15) is 0 Å². The molecule has 1 aliphatic carbocycles. The molecule has 1 rings (SSSR count). The van der Waals surface area contributed by atoms with Crippen LogP contribution >= 0.6 is 22.6 Å². The molecular formula is C26H44IN3O4. The molecular weight excluding hydrogens is 545 g/mol. The lowest BCUT2D eigenvalue weighted by Gasteiger charge is -2.22. The summed E-state index contributed by atoms with van der Waals surface area (Å²) in [5.41, 5.74) is 1.45. The topological polar surface area (TPSA) is 101 Å². The lowest BCUT2D eigenvalue weighted by molar-refractivity contribution is -0.133. The number of halogens is 1. The first kappa shape index (κ1) is 34.3. The molecule has 2 unspecified atom stereocenters. The first-order valence-electron chi connectivity index (χ1n) is 12.0. The maximum atomic E-state index is 12.5. The molecule has 1 N–H and O–H groups in total. The van der Waals surface area contributed by atoms with Gasteiger partial charge in [0.2, 0.25) is 5.90 Å². The van der Waals surface area contributed by atoms with E-state index >= 15 is 0 Å². The molecule has 0 saturated heterocycles.